The van der Waals surface area contributed by atoms with Crippen LogP contribution in [0.1, 0.15) is 10.4 Å². The molecule has 5 atom stereocenters. The van der Waals surface area contributed by atoms with Gasteiger partial charge in [-0.15, -0.1) is 0 Å². The van der Waals surface area contributed by atoms with Gasteiger partial charge in [-0.25, -0.2) is 9.59 Å². The molecule has 9 nitrogen and oxygen atoms in total. The number of para-hydroxylation sites is 1. The highest BCUT2D eigenvalue weighted by atomic mass is 16.7. The van der Waals surface area contributed by atoms with Crippen LogP contribution in [0.15, 0.2) is 24.3 Å². The second-order valence-corrected chi connectivity index (χ2v) is 4.65. The first-order chi connectivity index (χ1) is 10.3. The summed E-state index contributed by atoms with van der Waals surface area (Å²) in [7, 11) is 0. The van der Waals surface area contributed by atoms with E-state index < -0.39 is 42.6 Å². The van der Waals surface area contributed by atoms with Gasteiger partial charge in [0, 0.05) is 0 Å². The third kappa shape index (κ3) is 3.02. The summed E-state index contributed by atoms with van der Waals surface area (Å²) in [5, 5.41) is 46.9. The number of benzene rings is 1. The number of rotatable bonds is 4. The van der Waals surface area contributed by atoms with Gasteiger partial charge in [0.25, 0.3) is 0 Å². The van der Waals surface area contributed by atoms with E-state index in [0.717, 1.165) is 0 Å². The molecular weight excluding hydrogens is 300 g/mol. The van der Waals surface area contributed by atoms with E-state index in [-0.39, 0.29) is 11.3 Å². The van der Waals surface area contributed by atoms with E-state index in [0.29, 0.717) is 0 Å². The van der Waals surface area contributed by atoms with Crippen molar-refractivity contribution in [3.8, 4) is 5.75 Å². The zero-order valence-corrected chi connectivity index (χ0v) is 11.1. The van der Waals surface area contributed by atoms with E-state index in [2.05, 4.69) is 0 Å². The van der Waals surface area contributed by atoms with Crippen molar-refractivity contribution in [1.29, 1.82) is 0 Å². The molecule has 0 unspecified atom stereocenters. The van der Waals surface area contributed by atoms with Gasteiger partial charge >= 0.3 is 11.9 Å². The molecule has 1 fully saturated rings. The summed E-state index contributed by atoms with van der Waals surface area (Å²) in [6.45, 7) is 0. The van der Waals surface area contributed by atoms with E-state index in [1.807, 2.05) is 0 Å². The number of hydrogen-bond donors (Lipinski definition) is 5. The van der Waals surface area contributed by atoms with Crippen LogP contribution in [0.4, 0.5) is 0 Å². The average Bonchev–Trinajstić information content (AvgIpc) is 2.47. The number of aliphatic carboxylic acids is 1. The molecule has 1 aliphatic rings. The standard InChI is InChI=1S/C13H14O9/c14-7-8(15)10(12(19)20)22-13(9(7)16)21-6-4-2-1-3-5(6)11(17)18/h1-4,7-10,13-16H,(H,17,18)(H,19,20)/t7-,8+,9+,10-,13+/m0/s1. The normalized spacial score (nSPS) is 31.5. The fourth-order valence-corrected chi connectivity index (χ4v) is 2.02. The third-order valence-electron chi connectivity index (χ3n) is 3.17. The number of aromatic carboxylic acids is 1. The molecule has 0 amide bonds. The van der Waals surface area contributed by atoms with E-state index >= 15 is 0 Å². The first-order valence-corrected chi connectivity index (χ1v) is 6.24. The molecule has 22 heavy (non-hydrogen) atoms. The number of ether oxygens (including phenoxy) is 2. The predicted molar refractivity (Wildman–Crippen MR) is 68.3 cm³/mol. The second kappa shape index (κ2) is 6.28. The van der Waals surface area contributed by atoms with Gasteiger partial charge in [0.05, 0.1) is 0 Å². The Balaban J connectivity index is 2.25. The fourth-order valence-electron chi connectivity index (χ4n) is 2.02. The molecule has 1 saturated heterocycles. The highest BCUT2D eigenvalue weighted by Gasteiger charge is 2.48. The van der Waals surface area contributed by atoms with Crippen molar-refractivity contribution in [3.63, 3.8) is 0 Å². The van der Waals surface area contributed by atoms with Crippen molar-refractivity contribution < 1.29 is 44.6 Å². The topological polar surface area (TPSA) is 154 Å². The van der Waals surface area contributed by atoms with Crippen LogP contribution in [0.5, 0.6) is 5.75 Å². The zero-order chi connectivity index (χ0) is 16.4. The Hall–Kier alpha value is -2.20. The van der Waals surface area contributed by atoms with Gasteiger partial charge < -0.3 is 35.0 Å². The molecule has 0 radical (unpaired) electrons. The lowest BCUT2D eigenvalue weighted by atomic mass is 9.99. The van der Waals surface area contributed by atoms with Gasteiger partial charge in [0.15, 0.2) is 6.10 Å². The molecule has 2 rings (SSSR count). The largest absolute Gasteiger partial charge is 0.479 e. The average molecular weight is 314 g/mol. The van der Waals surface area contributed by atoms with E-state index in [4.69, 9.17) is 19.7 Å². The van der Waals surface area contributed by atoms with Crippen LogP contribution in [0.25, 0.3) is 0 Å². The number of hydrogen-bond acceptors (Lipinski definition) is 7. The lowest BCUT2D eigenvalue weighted by Gasteiger charge is -2.38. The molecule has 0 spiro atoms. The van der Waals surface area contributed by atoms with Gasteiger partial charge in [-0.2, -0.15) is 0 Å². The molecular formula is C13H14O9. The quantitative estimate of drug-likeness (QED) is 0.454. The molecule has 1 aromatic rings. The fraction of sp³-hybridized carbons (Fsp3) is 0.385. The third-order valence-corrected chi connectivity index (χ3v) is 3.17. The molecule has 0 aliphatic carbocycles. The summed E-state index contributed by atoms with van der Waals surface area (Å²) in [5.41, 5.74) is -0.231. The smallest absolute Gasteiger partial charge is 0.339 e. The van der Waals surface area contributed by atoms with E-state index in [1.165, 1.54) is 24.3 Å². The van der Waals surface area contributed by atoms with Gasteiger partial charge in [0.2, 0.25) is 6.29 Å². The summed E-state index contributed by atoms with van der Waals surface area (Å²) < 4.78 is 10.1. The number of carboxylic acid groups (broad SMARTS) is 2. The van der Waals surface area contributed by atoms with Gasteiger partial charge in [-0.3, -0.25) is 0 Å². The number of carboxylic acids is 2. The zero-order valence-electron chi connectivity index (χ0n) is 11.1. The van der Waals surface area contributed by atoms with Crippen LogP contribution in [0.2, 0.25) is 0 Å². The van der Waals surface area contributed by atoms with Crippen molar-refractivity contribution in [2.75, 3.05) is 0 Å². The molecule has 0 aromatic heterocycles. The Kier molecular flexibility index (Phi) is 4.62. The Labute approximate surface area is 124 Å². The molecule has 0 saturated carbocycles. The first kappa shape index (κ1) is 16.2. The highest BCUT2D eigenvalue weighted by Crippen LogP contribution is 2.26. The van der Waals surface area contributed by atoms with Crippen LogP contribution in [0.3, 0.4) is 0 Å². The van der Waals surface area contributed by atoms with Gasteiger partial charge in [0.1, 0.15) is 29.6 Å². The van der Waals surface area contributed by atoms with Crippen molar-refractivity contribution in [1.82, 2.24) is 0 Å². The Morgan fingerprint density at radius 3 is 2.23 bits per heavy atom. The maximum Gasteiger partial charge on any atom is 0.339 e. The lowest BCUT2D eigenvalue weighted by molar-refractivity contribution is -0.271. The Morgan fingerprint density at radius 2 is 1.64 bits per heavy atom. The first-order valence-electron chi connectivity index (χ1n) is 6.24. The van der Waals surface area contributed by atoms with Crippen LogP contribution < -0.4 is 4.74 Å². The number of carbonyl (C=O) groups is 2. The summed E-state index contributed by atoms with van der Waals surface area (Å²) in [4.78, 5) is 22.0. The molecule has 9 heteroatoms. The minimum absolute atomic E-state index is 0.174. The van der Waals surface area contributed by atoms with Crippen LogP contribution in [0, 0.1) is 0 Å². The molecule has 120 valence electrons. The molecule has 1 aromatic carbocycles. The minimum atomic E-state index is -1.85. The summed E-state index contributed by atoms with van der Waals surface area (Å²) in [6, 6.07) is 5.45. The van der Waals surface area contributed by atoms with E-state index in [9.17, 15) is 24.9 Å². The maximum atomic E-state index is 11.1. The van der Waals surface area contributed by atoms with Crippen molar-refractivity contribution in [2.24, 2.45) is 0 Å². The number of aliphatic hydroxyl groups excluding tert-OH is 3. The molecule has 1 aliphatic heterocycles. The van der Waals surface area contributed by atoms with Crippen molar-refractivity contribution in [2.45, 2.75) is 30.7 Å². The second-order valence-electron chi connectivity index (χ2n) is 4.65. The summed E-state index contributed by atoms with van der Waals surface area (Å²) >= 11 is 0. The van der Waals surface area contributed by atoms with E-state index in [1.54, 1.807) is 0 Å². The molecule has 5 N–H and O–H groups in total. The minimum Gasteiger partial charge on any atom is -0.479 e. The van der Waals surface area contributed by atoms with Gasteiger partial charge in [-0.1, -0.05) is 12.1 Å². The number of aliphatic hydroxyl groups is 3. The van der Waals surface area contributed by atoms with Crippen molar-refractivity contribution in [3.05, 3.63) is 29.8 Å². The lowest BCUT2D eigenvalue weighted by Crippen LogP contribution is -2.61. The Bertz CT molecular complexity index is 572. The van der Waals surface area contributed by atoms with Crippen LogP contribution >= 0.6 is 0 Å². The van der Waals surface area contributed by atoms with Crippen molar-refractivity contribution >= 4 is 11.9 Å². The SMILES string of the molecule is O=C(O)c1ccccc1O[C@@H]1O[C@H](C(=O)O)[C@H](O)[C@H](O)[C@H]1O. The van der Waals surface area contributed by atoms with Crippen LogP contribution in [-0.2, 0) is 9.53 Å². The summed E-state index contributed by atoms with van der Waals surface area (Å²) in [6.07, 6.45) is -8.90. The molecule has 1 heterocycles. The monoisotopic (exact) mass is 314 g/mol. The van der Waals surface area contributed by atoms with Crippen LogP contribution in [-0.4, -0.2) is 68.2 Å². The van der Waals surface area contributed by atoms with Gasteiger partial charge in [-0.05, 0) is 12.1 Å². The Morgan fingerprint density at radius 1 is 1.00 bits per heavy atom. The molecule has 0 bridgehead atoms. The predicted octanol–water partition coefficient (Wildman–Crippen LogP) is -1.34. The summed E-state index contributed by atoms with van der Waals surface area (Å²) in [5.74, 6) is -3.03. The highest BCUT2D eigenvalue weighted by molar-refractivity contribution is 5.90. The maximum absolute atomic E-state index is 11.1.